The second-order valence-electron chi connectivity index (χ2n) is 4.94. The first-order valence-electron chi connectivity index (χ1n) is 6.76. The van der Waals surface area contributed by atoms with Gasteiger partial charge in [-0.2, -0.15) is 5.26 Å². The standard InChI is InChI=1S/C15H19BrN2O2/c1-19-14-7-11(12(16)8-15(14)20-2)13(9-17)18-10-5-3-4-6-10/h7-8,10,13,18H,3-6H2,1-2H3. The van der Waals surface area contributed by atoms with Crippen molar-refractivity contribution >= 4 is 15.9 Å². The predicted octanol–water partition coefficient (Wildman–Crippen LogP) is 3.56. The molecule has 1 atom stereocenters. The van der Waals surface area contributed by atoms with Gasteiger partial charge in [0.1, 0.15) is 6.04 Å². The van der Waals surface area contributed by atoms with Gasteiger partial charge in [-0.1, -0.05) is 28.8 Å². The molecule has 1 aromatic carbocycles. The number of benzene rings is 1. The van der Waals surface area contributed by atoms with Crippen molar-refractivity contribution in [2.75, 3.05) is 14.2 Å². The summed E-state index contributed by atoms with van der Waals surface area (Å²) in [5.74, 6) is 1.29. The molecule has 0 spiro atoms. The lowest BCUT2D eigenvalue weighted by Gasteiger charge is -2.20. The Morgan fingerprint density at radius 2 is 1.85 bits per heavy atom. The van der Waals surface area contributed by atoms with E-state index >= 15 is 0 Å². The fraction of sp³-hybridized carbons (Fsp3) is 0.533. The molecule has 0 aromatic heterocycles. The second kappa shape index (κ2) is 6.96. The molecule has 1 aliphatic carbocycles. The van der Waals surface area contributed by atoms with E-state index in [1.807, 2.05) is 12.1 Å². The van der Waals surface area contributed by atoms with Crippen LogP contribution in [0.2, 0.25) is 0 Å². The molecule has 0 aliphatic heterocycles. The first-order valence-corrected chi connectivity index (χ1v) is 7.56. The summed E-state index contributed by atoms with van der Waals surface area (Å²) in [6.07, 6.45) is 4.76. The molecule has 0 amide bonds. The van der Waals surface area contributed by atoms with Crippen molar-refractivity contribution in [2.24, 2.45) is 0 Å². The van der Waals surface area contributed by atoms with Crippen LogP contribution in [0, 0.1) is 11.3 Å². The van der Waals surface area contributed by atoms with Gasteiger partial charge < -0.3 is 9.47 Å². The van der Waals surface area contributed by atoms with E-state index in [0.717, 1.165) is 22.9 Å². The van der Waals surface area contributed by atoms with Crippen LogP contribution in [0.5, 0.6) is 11.5 Å². The maximum Gasteiger partial charge on any atom is 0.161 e. The Bertz CT molecular complexity index is 507. The first kappa shape index (κ1) is 15.1. The molecule has 1 unspecified atom stereocenters. The van der Waals surface area contributed by atoms with Gasteiger partial charge in [0, 0.05) is 16.1 Å². The van der Waals surface area contributed by atoms with Gasteiger partial charge in [-0.3, -0.25) is 5.32 Å². The van der Waals surface area contributed by atoms with Gasteiger partial charge in [0.2, 0.25) is 0 Å². The molecule has 5 heteroatoms. The average Bonchev–Trinajstić information content (AvgIpc) is 2.97. The Balaban J connectivity index is 2.26. The molecular formula is C15H19BrN2O2. The van der Waals surface area contributed by atoms with Crippen LogP contribution >= 0.6 is 15.9 Å². The van der Waals surface area contributed by atoms with E-state index in [4.69, 9.17) is 9.47 Å². The third kappa shape index (κ3) is 3.25. The number of rotatable bonds is 5. The Labute approximate surface area is 128 Å². The highest BCUT2D eigenvalue weighted by Crippen LogP contribution is 2.36. The number of halogens is 1. The van der Waals surface area contributed by atoms with Gasteiger partial charge >= 0.3 is 0 Å². The summed E-state index contributed by atoms with van der Waals surface area (Å²) >= 11 is 3.52. The van der Waals surface area contributed by atoms with Crippen LogP contribution in [0.3, 0.4) is 0 Å². The number of nitrogens with one attached hydrogen (secondary N) is 1. The normalized spacial score (nSPS) is 16.7. The summed E-state index contributed by atoms with van der Waals surface area (Å²) in [6, 6.07) is 6.13. The van der Waals surface area contributed by atoms with E-state index in [2.05, 4.69) is 27.3 Å². The van der Waals surface area contributed by atoms with Gasteiger partial charge in [-0.05, 0) is 25.0 Å². The van der Waals surface area contributed by atoms with Crippen molar-refractivity contribution in [3.8, 4) is 17.6 Å². The smallest absolute Gasteiger partial charge is 0.161 e. The lowest BCUT2D eigenvalue weighted by atomic mass is 10.1. The highest BCUT2D eigenvalue weighted by atomic mass is 79.9. The quantitative estimate of drug-likeness (QED) is 0.891. The van der Waals surface area contributed by atoms with Crippen LogP contribution in [-0.2, 0) is 0 Å². The maximum absolute atomic E-state index is 9.45. The SMILES string of the molecule is COc1cc(Br)c(C(C#N)NC2CCCC2)cc1OC. The molecule has 0 saturated heterocycles. The summed E-state index contributed by atoms with van der Waals surface area (Å²) in [5, 5.41) is 12.9. The summed E-state index contributed by atoms with van der Waals surface area (Å²) in [6.45, 7) is 0. The van der Waals surface area contributed by atoms with E-state index in [9.17, 15) is 5.26 Å². The molecule has 0 bridgehead atoms. The topological polar surface area (TPSA) is 54.3 Å². The third-order valence-corrected chi connectivity index (χ3v) is 4.39. The minimum absolute atomic E-state index is 0.340. The highest BCUT2D eigenvalue weighted by molar-refractivity contribution is 9.10. The molecule has 1 aromatic rings. The number of methoxy groups -OCH3 is 2. The van der Waals surface area contributed by atoms with Gasteiger partial charge in [-0.25, -0.2) is 0 Å². The molecule has 2 rings (SSSR count). The Kier molecular flexibility index (Phi) is 5.27. The number of hydrogen-bond donors (Lipinski definition) is 1. The van der Waals surface area contributed by atoms with Crippen LogP contribution in [-0.4, -0.2) is 20.3 Å². The molecule has 0 radical (unpaired) electrons. The Hall–Kier alpha value is -1.25. The summed E-state index contributed by atoms with van der Waals surface area (Å²) < 4.78 is 11.4. The summed E-state index contributed by atoms with van der Waals surface area (Å²) in [4.78, 5) is 0. The Morgan fingerprint density at radius 1 is 1.25 bits per heavy atom. The molecule has 20 heavy (non-hydrogen) atoms. The van der Waals surface area contributed by atoms with Crippen molar-refractivity contribution < 1.29 is 9.47 Å². The molecule has 4 nitrogen and oxygen atoms in total. The lowest BCUT2D eigenvalue weighted by molar-refractivity contribution is 0.353. The molecule has 1 N–H and O–H groups in total. The van der Waals surface area contributed by atoms with E-state index in [0.29, 0.717) is 17.5 Å². The van der Waals surface area contributed by atoms with Crippen LogP contribution < -0.4 is 14.8 Å². The van der Waals surface area contributed by atoms with E-state index < -0.39 is 0 Å². The zero-order valence-corrected chi connectivity index (χ0v) is 13.4. The summed E-state index contributed by atoms with van der Waals surface area (Å²) in [5.41, 5.74) is 0.886. The van der Waals surface area contributed by atoms with Crippen molar-refractivity contribution in [3.63, 3.8) is 0 Å². The van der Waals surface area contributed by atoms with Crippen LogP contribution in [0.1, 0.15) is 37.3 Å². The van der Waals surface area contributed by atoms with Gasteiger partial charge in [-0.15, -0.1) is 0 Å². The zero-order chi connectivity index (χ0) is 14.5. The van der Waals surface area contributed by atoms with Crippen LogP contribution in [0.4, 0.5) is 0 Å². The van der Waals surface area contributed by atoms with Gasteiger partial charge in [0.05, 0.1) is 20.3 Å². The molecular weight excluding hydrogens is 320 g/mol. The molecule has 108 valence electrons. The third-order valence-electron chi connectivity index (χ3n) is 3.70. The second-order valence-corrected chi connectivity index (χ2v) is 5.79. The van der Waals surface area contributed by atoms with E-state index in [1.54, 1.807) is 14.2 Å². The van der Waals surface area contributed by atoms with Crippen molar-refractivity contribution in [3.05, 3.63) is 22.2 Å². The van der Waals surface area contributed by atoms with Gasteiger partial charge in [0.25, 0.3) is 0 Å². The minimum atomic E-state index is -0.340. The van der Waals surface area contributed by atoms with Crippen molar-refractivity contribution in [1.29, 1.82) is 5.26 Å². The fourth-order valence-electron chi connectivity index (χ4n) is 2.62. The number of ether oxygens (including phenoxy) is 2. The van der Waals surface area contributed by atoms with Crippen LogP contribution in [0.15, 0.2) is 16.6 Å². The minimum Gasteiger partial charge on any atom is -0.493 e. The number of nitrogens with zero attached hydrogens (tertiary/aromatic N) is 1. The monoisotopic (exact) mass is 338 g/mol. The molecule has 1 saturated carbocycles. The average molecular weight is 339 g/mol. The largest absolute Gasteiger partial charge is 0.493 e. The van der Waals surface area contributed by atoms with E-state index in [-0.39, 0.29) is 6.04 Å². The molecule has 1 aliphatic rings. The van der Waals surface area contributed by atoms with Crippen LogP contribution in [0.25, 0.3) is 0 Å². The fourth-order valence-corrected chi connectivity index (χ4v) is 3.17. The molecule has 1 fully saturated rings. The molecule has 0 heterocycles. The first-order chi connectivity index (χ1) is 9.69. The number of hydrogen-bond acceptors (Lipinski definition) is 4. The zero-order valence-electron chi connectivity index (χ0n) is 11.8. The maximum atomic E-state index is 9.45. The number of nitriles is 1. The Morgan fingerprint density at radius 3 is 2.40 bits per heavy atom. The lowest BCUT2D eigenvalue weighted by Crippen LogP contribution is -2.30. The van der Waals surface area contributed by atoms with E-state index in [1.165, 1.54) is 12.8 Å². The van der Waals surface area contributed by atoms with Crippen molar-refractivity contribution in [1.82, 2.24) is 5.32 Å². The van der Waals surface area contributed by atoms with Gasteiger partial charge in [0.15, 0.2) is 11.5 Å². The highest BCUT2D eigenvalue weighted by Gasteiger charge is 2.23. The summed E-state index contributed by atoms with van der Waals surface area (Å²) in [7, 11) is 3.20. The predicted molar refractivity (Wildman–Crippen MR) is 81.0 cm³/mol. The van der Waals surface area contributed by atoms with Crippen molar-refractivity contribution in [2.45, 2.75) is 37.8 Å².